The number of hydrogen-bond donors (Lipinski definition) is 0. The summed E-state index contributed by atoms with van der Waals surface area (Å²) >= 11 is 0. The molecule has 0 aromatic carbocycles. The molecule has 2 nitrogen and oxygen atoms in total. The van der Waals surface area contributed by atoms with E-state index in [4.69, 9.17) is 4.84 Å². The Hall–Kier alpha value is -0.970. The predicted octanol–water partition coefficient (Wildman–Crippen LogP) is 0.784. The Labute approximate surface area is 48.5 Å². The van der Waals surface area contributed by atoms with Gasteiger partial charge in [-0.1, -0.05) is 5.16 Å². The summed E-state index contributed by atoms with van der Waals surface area (Å²) in [4.78, 5) is 4.80. The van der Waals surface area contributed by atoms with E-state index in [1.807, 2.05) is 13.8 Å². The Bertz CT molecular complexity index is 173. The summed E-state index contributed by atoms with van der Waals surface area (Å²) in [5.74, 6) is 5.64. The van der Waals surface area contributed by atoms with E-state index in [1.165, 1.54) is 0 Å². The average Bonchev–Trinajstić information content (AvgIpc) is 1.77. The van der Waals surface area contributed by atoms with Crippen molar-refractivity contribution in [3.05, 3.63) is 0 Å². The van der Waals surface area contributed by atoms with E-state index in [2.05, 4.69) is 17.0 Å². The largest absolute Gasteiger partial charge is 0.379 e. The van der Waals surface area contributed by atoms with Gasteiger partial charge in [0.25, 0.3) is 0 Å². The standard InChI is InChI=1S/C6H7NO/c1-5-3-4-6(2)8-7-5/h6H,1-2H3. The Kier molecular flexibility index (Phi) is 1.21. The number of rotatable bonds is 0. The van der Waals surface area contributed by atoms with Gasteiger partial charge in [-0.05, 0) is 25.7 Å². The van der Waals surface area contributed by atoms with Crippen LogP contribution in [0.3, 0.4) is 0 Å². The first-order chi connectivity index (χ1) is 3.79. The lowest BCUT2D eigenvalue weighted by Crippen LogP contribution is -2.06. The van der Waals surface area contributed by atoms with Gasteiger partial charge in [-0.3, -0.25) is 0 Å². The van der Waals surface area contributed by atoms with Crippen LogP contribution in [0, 0.1) is 11.8 Å². The lowest BCUT2D eigenvalue weighted by molar-refractivity contribution is 0.110. The predicted molar refractivity (Wildman–Crippen MR) is 31.4 cm³/mol. The number of oxime groups is 1. The first kappa shape index (κ1) is 5.17. The molecule has 1 unspecified atom stereocenters. The molecule has 8 heavy (non-hydrogen) atoms. The molecule has 0 amide bonds. The second-order valence-corrected chi connectivity index (χ2v) is 1.69. The normalized spacial score (nSPS) is 24.8. The molecule has 0 radical (unpaired) electrons. The molecule has 42 valence electrons. The summed E-state index contributed by atoms with van der Waals surface area (Å²) in [6, 6.07) is 0. The molecule has 2 heteroatoms. The molecule has 1 aliphatic rings. The second kappa shape index (κ2) is 1.87. The fraction of sp³-hybridized carbons (Fsp3) is 0.500. The summed E-state index contributed by atoms with van der Waals surface area (Å²) in [5, 5.41) is 3.65. The molecule has 0 fully saturated rings. The average molecular weight is 109 g/mol. The van der Waals surface area contributed by atoms with Gasteiger partial charge >= 0.3 is 0 Å². The highest BCUT2D eigenvalue weighted by Gasteiger charge is 1.98. The topological polar surface area (TPSA) is 21.6 Å². The van der Waals surface area contributed by atoms with Gasteiger partial charge in [-0.15, -0.1) is 0 Å². The molecule has 0 aliphatic carbocycles. The second-order valence-electron chi connectivity index (χ2n) is 1.69. The van der Waals surface area contributed by atoms with Crippen molar-refractivity contribution in [1.82, 2.24) is 0 Å². The molecule has 0 saturated carbocycles. The van der Waals surface area contributed by atoms with E-state index in [1.54, 1.807) is 0 Å². The number of nitrogens with zero attached hydrogens (tertiary/aromatic N) is 1. The van der Waals surface area contributed by atoms with Crippen LogP contribution in [0.4, 0.5) is 0 Å². The highest BCUT2D eigenvalue weighted by molar-refractivity contribution is 5.98. The third kappa shape index (κ3) is 1.00. The van der Waals surface area contributed by atoms with Gasteiger partial charge < -0.3 is 4.84 Å². The Morgan fingerprint density at radius 3 is 2.88 bits per heavy atom. The van der Waals surface area contributed by atoms with Gasteiger partial charge in [-0.2, -0.15) is 0 Å². The lowest BCUT2D eigenvalue weighted by Gasteiger charge is -2.03. The van der Waals surface area contributed by atoms with E-state index >= 15 is 0 Å². The van der Waals surface area contributed by atoms with Crippen molar-refractivity contribution in [1.29, 1.82) is 0 Å². The zero-order chi connectivity index (χ0) is 5.98. The van der Waals surface area contributed by atoms with E-state index < -0.39 is 0 Å². The first-order valence-corrected chi connectivity index (χ1v) is 2.51. The molecule has 1 rings (SSSR count). The maximum Gasteiger partial charge on any atom is 0.185 e. The SMILES string of the molecule is CC1=NOC(C)C#C1. The molecular formula is C6H7NO. The first-order valence-electron chi connectivity index (χ1n) is 2.51. The Morgan fingerprint density at radius 1 is 1.75 bits per heavy atom. The zero-order valence-electron chi connectivity index (χ0n) is 4.93. The quantitative estimate of drug-likeness (QED) is 0.421. The minimum Gasteiger partial charge on any atom is -0.379 e. The van der Waals surface area contributed by atoms with Gasteiger partial charge in [0.1, 0.15) is 5.71 Å². The van der Waals surface area contributed by atoms with E-state index in [-0.39, 0.29) is 6.10 Å². The van der Waals surface area contributed by atoms with Crippen LogP contribution in [-0.4, -0.2) is 11.8 Å². The summed E-state index contributed by atoms with van der Waals surface area (Å²) in [7, 11) is 0. The van der Waals surface area contributed by atoms with Crippen molar-refractivity contribution in [3.8, 4) is 11.8 Å². The Balaban J connectivity index is 2.68. The van der Waals surface area contributed by atoms with E-state index in [0.717, 1.165) is 5.71 Å². The molecule has 0 N–H and O–H groups in total. The van der Waals surface area contributed by atoms with Crippen LogP contribution in [0.15, 0.2) is 5.16 Å². The van der Waals surface area contributed by atoms with E-state index in [9.17, 15) is 0 Å². The van der Waals surface area contributed by atoms with Crippen LogP contribution in [0.2, 0.25) is 0 Å². The van der Waals surface area contributed by atoms with Crippen molar-refractivity contribution in [2.75, 3.05) is 0 Å². The smallest absolute Gasteiger partial charge is 0.185 e. The van der Waals surface area contributed by atoms with Gasteiger partial charge in [0, 0.05) is 0 Å². The molecule has 0 spiro atoms. The van der Waals surface area contributed by atoms with Crippen LogP contribution < -0.4 is 0 Å². The summed E-state index contributed by atoms with van der Waals surface area (Å²) < 4.78 is 0. The highest BCUT2D eigenvalue weighted by Crippen LogP contribution is 1.93. The van der Waals surface area contributed by atoms with Gasteiger partial charge in [0.2, 0.25) is 0 Å². The van der Waals surface area contributed by atoms with Crippen LogP contribution in [0.25, 0.3) is 0 Å². The maximum absolute atomic E-state index is 4.80. The monoisotopic (exact) mass is 109 g/mol. The molecule has 0 bridgehead atoms. The highest BCUT2D eigenvalue weighted by atomic mass is 16.6. The van der Waals surface area contributed by atoms with Gasteiger partial charge in [0.05, 0.1) is 0 Å². The molecular weight excluding hydrogens is 102 g/mol. The van der Waals surface area contributed by atoms with Crippen molar-refractivity contribution >= 4 is 5.71 Å². The van der Waals surface area contributed by atoms with Crippen molar-refractivity contribution in [3.63, 3.8) is 0 Å². The molecule has 1 atom stereocenters. The van der Waals surface area contributed by atoms with Crippen molar-refractivity contribution in [2.45, 2.75) is 20.0 Å². The van der Waals surface area contributed by atoms with E-state index in [0.29, 0.717) is 0 Å². The van der Waals surface area contributed by atoms with Crippen LogP contribution in [0.1, 0.15) is 13.8 Å². The van der Waals surface area contributed by atoms with Gasteiger partial charge in [-0.25, -0.2) is 0 Å². The fourth-order valence-electron chi connectivity index (χ4n) is 0.413. The maximum atomic E-state index is 4.80. The van der Waals surface area contributed by atoms with Crippen LogP contribution >= 0.6 is 0 Å². The minimum absolute atomic E-state index is 0.0290. The fourth-order valence-corrected chi connectivity index (χ4v) is 0.413. The molecule has 1 aliphatic heterocycles. The number of hydrogen-bond acceptors (Lipinski definition) is 2. The van der Waals surface area contributed by atoms with Crippen molar-refractivity contribution in [2.24, 2.45) is 5.16 Å². The molecule has 0 aromatic heterocycles. The summed E-state index contributed by atoms with van der Waals surface area (Å²) in [6.07, 6.45) is -0.0290. The minimum atomic E-state index is -0.0290. The van der Waals surface area contributed by atoms with Crippen molar-refractivity contribution < 1.29 is 4.84 Å². The molecule has 0 saturated heterocycles. The van der Waals surface area contributed by atoms with Gasteiger partial charge in [0.15, 0.2) is 6.10 Å². The molecule has 0 aromatic rings. The Morgan fingerprint density at radius 2 is 2.50 bits per heavy atom. The lowest BCUT2D eigenvalue weighted by atomic mass is 10.3. The third-order valence-electron chi connectivity index (χ3n) is 0.804. The summed E-state index contributed by atoms with van der Waals surface area (Å²) in [5.41, 5.74) is 0.753. The third-order valence-corrected chi connectivity index (χ3v) is 0.804. The van der Waals surface area contributed by atoms with Crippen LogP contribution in [0.5, 0.6) is 0 Å². The summed E-state index contributed by atoms with van der Waals surface area (Å²) in [6.45, 7) is 3.68. The zero-order valence-corrected chi connectivity index (χ0v) is 4.93. The van der Waals surface area contributed by atoms with Crippen LogP contribution in [-0.2, 0) is 4.84 Å². The molecule has 1 heterocycles.